The van der Waals surface area contributed by atoms with E-state index in [9.17, 15) is 9.90 Å². The fourth-order valence-electron chi connectivity index (χ4n) is 2.25. The van der Waals surface area contributed by atoms with Crippen molar-refractivity contribution in [2.24, 2.45) is 0 Å². The molecule has 0 aliphatic carbocycles. The molecule has 2 unspecified atom stereocenters. The van der Waals surface area contributed by atoms with Crippen LogP contribution in [-0.4, -0.2) is 29.3 Å². The summed E-state index contributed by atoms with van der Waals surface area (Å²) in [7, 11) is 0. The van der Waals surface area contributed by atoms with Gasteiger partial charge in [-0.2, -0.15) is 0 Å². The maximum absolute atomic E-state index is 11.2. The third-order valence-corrected chi connectivity index (χ3v) is 3.86. The van der Waals surface area contributed by atoms with Crippen LogP contribution in [0.5, 0.6) is 5.75 Å². The number of aliphatic carboxylic acids is 1. The number of hydrogen-bond acceptors (Lipinski definition) is 3. The number of carboxylic acid groups (broad SMARTS) is 1. The zero-order valence-electron chi connectivity index (χ0n) is 11.7. The lowest BCUT2D eigenvalue weighted by Crippen LogP contribution is -2.52. The molecule has 0 aromatic heterocycles. The highest BCUT2D eigenvalue weighted by Crippen LogP contribution is 2.29. The van der Waals surface area contributed by atoms with Crippen LogP contribution >= 0.6 is 0 Å². The number of rotatable bonds is 5. The average molecular weight is 263 g/mol. The van der Waals surface area contributed by atoms with E-state index in [1.807, 2.05) is 19.1 Å². The molecule has 2 atom stereocenters. The van der Waals surface area contributed by atoms with Crippen molar-refractivity contribution in [1.82, 2.24) is 5.32 Å². The molecule has 4 heteroatoms. The third kappa shape index (κ3) is 2.89. The van der Waals surface area contributed by atoms with Crippen molar-refractivity contribution in [2.75, 3.05) is 6.54 Å². The fourth-order valence-corrected chi connectivity index (χ4v) is 2.25. The van der Waals surface area contributed by atoms with Gasteiger partial charge in [-0.05, 0) is 31.9 Å². The van der Waals surface area contributed by atoms with Crippen LogP contribution in [0.25, 0.3) is 0 Å². The monoisotopic (exact) mass is 263 g/mol. The van der Waals surface area contributed by atoms with Crippen LogP contribution in [-0.2, 0) is 11.2 Å². The van der Waals surface area contributed by atoms with Crippen molar-refractivity contribution >= 4 is 5.97 Å². The number of carbonyl (C=O) groups is 1. The van der Waals surface area contributed by atoms with Crippen molar-refractivity contribution in [1.29, 1.82) is 0 Å². The van der Waals surface area contributed by atoms with Crippen molar-refractivity contribution in [3.8, 4) is 5.75 Å². The van der Waals surface area contributed by atoms with Crippen molar-refractivity contribution in [2.45, 2.75) is 45.3 Å². The maximum Gasteiger partial charge on any atom is 0.323 e. The smallest absolute Gasteiger partial charge is 0.323 e. The van der Waals surface area contributed by atoms with Gasteiger partial charge < -0.3 is 9.84 Å². The van der Waals surface area contributed by atoms with E-state index in [1.54, 1.807) is 6.92 Å². The molecule has 1 aromatic rings. The van der Waals surface area contributed by atoms with Crippen molar-refractivity contribution < 1.29 is 14.6 Å². The number of hydrogen-bond donors (Lipinski definition) is 2. The van der Waals surface area contributed by atoms with Crippen LogP contribution in [0.3, 0.4) is 0 Å². The van der Waals surface area contributed by atoms with Gasteiger partial charge in [0.05, 0.1) is 0 Å². The summed E-state index contributed by atoms with van der Waals surface area (Å²) in [5, 5.41) is 12.3. The number of aryl methyl sites for hydroxylation is 1. The Morgan fingerprint density at radius 1 is 1.58 bits per heavy atom. The summed E-state index contributed by atoms with van der Waals surface area (Å²) in [5.41, 5.74) is 1.55. The number of benzene rings is 1. The summed E-state index contributed by atoms with van der Waals surface area (Å²) in [6.45, 7) is 6.19. The molecule has 1 aliphatic heterocycles. The number of carboxylic acids is 1. The lowest BCUT2D eigenvalue weighted by molar-refractivity contribution is -0.144. The Hall–Kier alpha value is -1.55. The minimum atomic E-state index is -0.881. The fraction of sp³-hybridized carbons (Fsp3) is 0.533. The van der Waals surface area contributed by atoms with Gasteiger partial charge in [0.15, 0.2) is 0 Å². The molecule has 0 saturated carbocycles. The molecule has 0 fully saturated rings. The average Bonchev–Trinajstić information content (AvgIpc) is 2.77. The molecule has 104 valence electrons. The standard InChI is InChI=1S/C15H21NO3/c1-4-15(3,14(17)18)16-9-12-8-11-7-10(2)5-6-13(11)19-12/h5-7,12,16H,4,8-9H2,1-3H3,(H,17,18). The normalized spacial score (nSPS) is 20.5. The van der Waals surface area contributed by atoms with Crippen LogP contribution in [0, 0.1) is 6.92 Å². The minimum Gasteiger partial charge on any atom is -0.488 e. The molecule has 0 amide bonds. The van der Waals surface area contributed by atoms with Gasteiger partial charge in [0.1, 0.15) is 17.4 Å². The molecular formula is C15H21NO3. The first-order valence-electron chi connectivity index (χ1n) is 6.69. The van der Waals surface area contributed by atoms with E-state index in [4.69, 9.17) is 4.74 Å². The summed E-state index contributed by atoms with van der Waals surface area (Å²) >= 11 is 0. The second-order valence-electron chi connectivity index (χ2n) is 5.43. The molecule has 4 nitrogen and oxygen atoms in total. The lowest BCUT2D eigenvalue weighted by atomic mass is 9.98. The number of fused-ring (bicyclic) bond motifs is 1. The second kappa shape index (κ2) is 5.21. The van der Waals surface area contributed by atoms with Crippen LogP contribution < -0.4 is 10.1 Å². The van der Waals surface area contributed by atoms with Gasteiger partial charge in [-0.1, -0.05) is 24.6 Å². The predicted octanol–water partition coefficient (Wildman–Crippen LogP) is 2.14. The van der Waals surface area contributed by atoms with E-state index in [2.05, 4.69) is 18.3 Å². The predicted molar refractivity (Wildman–Crippen MR) is 73.6 cm³/mol. The first-order chi connectivity index (χ1) is 8.94. The van der Waals surface area contributed by atoms with E-state index in [0.29, 0.717) is 13.0 Å². The quantitative estimate of drug-likeness (QED) is 0.854. The molecule has 1 aliphatic rings. The van der Waals surface area contributed by atoms with E-state index >= 15 is 0 Å². The van der Waals surface area contributed by atoms with Crippen molar-refractivity contribution in [3.63, 3.8) is 0 Å². The molecule has 0 bridgehead atoms. The summed E-state index contributed by atoms with van der Waals surface area (Å²) in [6, 6.07) is 6.15. The summed E-state index contributed by atoms with van der Waals surface area (Å²) in [6.07, 6.45) is 1.40. The van der Waals surface area contributed by atoms with Crippen LogP contribution in [0.4, 0.5) is 0 Å². The third-order valence-electron chi connectivity index (χ3n) is 3.86. The maximum atomic E-state index is 11.2. The highest BCUT2D eigenvalue weighted by Gasteiger charge is 2.32. The Bertz CT molecular complexity index is 486. The Morgan fingerprint density at radius 2 is 2.32 bits per heavy atom. The minimum absolute atomic E-state index is 0.0158. The molecule has 0 saturated heterocycles. The van der Waals surface area contributed by atoms with Crippen LogP contribution in [0.15, 0.2) is 18.2 Å². The van der Waals surface area contributed by atoms with E-state index < -0.39 is 11.5 Å². The zero-order valence-corrected chi connectivity index (χ0v) is 11.7. The molecule has 2 N–H and O–H groups in total. The second-order valence-corrected chi connectivity index (χ2v) is 5.43. The molecule has 0 spiro atoms. The lowest BCUT2D eigenvalue weighted by Gasteiger charge is -2.26. The summed E-state index contributed by atoms with van der Waals surface area (Å²) in [5.74, 6) is 0.104. The molecule has 1 heterocycles. The molecular weight excluding hydrogens is 242 g/mol. The molecule has 0 radical (unpaired) electrons. The first-order valence-corrected chi connectivity index (χ1v) is 6.69. The van der Waals surface area contributed by atoms with E-state index in [-0.39, 0.29) is 6.10 Å². The Labute approximate surface area is 113 Å². The topological polar surface area (TPSA) is 58.6 Å². The van der Waals surface area contributed by atoms with Crippen molar-refractivity contribution in [3.05, 3.63) is 29.3 Å². The first kappa shape index (κ1) is 13.9. The summed E-state index contributed by atoms with van der Waals surface area (Å²) in [4.78, 5) is 11.2. The van der Waals surface area contributed by atoms with Crippen LogP contribution in [0.2, 0.25) is 0 Å². The van der Waals surface area contributed by atoms with Gasteiger partial charge in [-0.3, -0.25) is 10.1 Å². The van der Waals surface area contributed by atoms with Gasteiger partial charge >= 0.3 is 5.97 Å². The SMILES string of the molecule is CCC(C)(NCC1Cc2cc(C)ccc2O1)C(=O)O. The molecule has 19 heavy (non-hydrogen) atoms. The zero-order chi connectivity index (χ0) is 14.0. The highest BCUT2D eigenvalue weighted by atomic mass is 16.5. The number of nitrogens with one attached hydrogen (secondary N) is 1. The van der Waals surface area contributed by atoms with E-state index in [1.165, 1.54) is 11.1 Å². The van der Waals surface area contributed by atoms with Gasteiger partial charge in [-0.15, -0.1) is 0 Å². The highest BCUT2D eigenvalue weighted by molar-refractivity contribution is 5.78. The van der Waals surface area contributed by atoms with E-state index in [0.717, 1.165) is 12.2 Å². The van der Waals surface area contributed by atoms with Gasteiger partial charge in [0.25, 0.3) is 0 Å². The summed E-state index contributed by atoms with van der Waals surface area (Å²) < 4.78 is 5.83. The van der Waals surface area contributed by atoms with Gasteiger partial charge in [-0.25, -0.2) is 0 Å². The molecule has 1 aromatic carbocycles. The van der Waals surface area contributed by atoms with Crippen LogP contribution in [0.1, 0.15) is 31.4 Å². The Morgan fingerprint density at radius 3 is 2.95 bits per heavy atom. The molecule has 2 rings (SSSR count). The largest absolute Gasteiger partial charge is 0.488 e. The van der Waals surface area contributed by atoms with Gasteiger partial charge in [0.2, 0.25) is 0 Å². The Balaban J connectivity index is 1.96. The van der Waals surface area contributed by atoms with Gasteiger partial charge in [0, 0.05) is 13.0 Å². The Kier molecular flexibility index (Phi) is 3.80. The number of ether oxygens (including phenoxy) is 1.